The smallest absolute Gasteiger partial charge is 0.410 e. The van der Waals surface area contributed by atoms with Gasteiger partial charge in [-0.25, -0.2) is 27.1 Å². The molecule has 3 heterocycles. The number of carbonyl (C=O) groups is 5. The molecule has 6 rings (SSSR count). The van der Waals surface area contributed by atoms with Crippen LogP contribution in [0.5, 0.6) is 0 Å². The van der Waals surface area contributed by atoms with Gasteiger partial charge in [-0.05, 0) is 83.6 Å². The molecular weight excluding hydrogens is 746 g/mol. The highest BCUT2D eigenvalue weighted by Gasteiger charge is 2.62. The third-order valence-electron chi connectivity index (χ3n) is 10.6. The number of allylic oxidation sites excluding steroid dienone is 1. The highest BCUT2D eigenvalue weighted by Crippen LogP contribution is 2.46. The molecule has 56 heavy (non-hydrogen) atoms. The van der Waals surface area contributed by atoms with Crippen molar-refractivity contribution in [1.82, 2.24) is 25.2 Å². The Balaban J connectivity index is 1.27. The van der Waals surface area contributed by atoms with Gasteiger partial charge < -0.3 is 25.0 Å². The Hall–Kier alpha value is -4.99. The minimum Gasteiger partial charge on any atom is -0.444 e. The fraction of sp³-hybridized carbons (Fsp3) is 0.525. The molecule has 1 saturated carbocycles. The van der Waals surface area contributed by atoms with Gasteiger partial charge in [-0.15, -0.1) is 0 Å². The van der Waals surface area contributed by atoms with Crippen molar-refractivity contribution < 1.29 is 46.3 Å². The summed E-state index contributed by atoms with van der Waals surface area (Å²) in [4.78, 5) is 71.6. The molecule has 16 heteroatoms. The first-order valence-electron chi connectivity index (χ1n) is 19.0. The predicted octanol–water partition coefficient (Wildman–Crippen LogP) is 4.66. The van der Waals surface area contributed by atoms with Crippen molar-refractivity contribution in [2.45, 2.75) is 127 Å². The van der Waals surface area contributed by atoms with E-state index < -0.39 is 81.0 Å². The number of rotatable bonds is 5. The van der Waals surface area contributed by atoms with E-state index in [0.717, 1.165) is 12.0 Å². The van der Waals surface area contributed by atoms with Gasteiger partial charge in [0.2, 0.25) is 11.8 Å². The van der Waals surface area contributed by atoms with Crippen LogP contribution in [0.3, 0.4) is 0 Å². The summed E-state index contributed by atoms with van der Waals surface area (Å²) in [6, 6.07) is 6.95. The molecule has 1 saturated heterocycles. The van der Waals surface area contributed by atoms with E-state index in [2.05, 4.69) is 15.4 Å². The van der Waals surface area contributed by atoms with Crippen molar-refractivity contribution in [2.24, 2.45) is 5.92 Å². The number of fused-ring (bicyclic) bond motifs is 3. The first kappa shape index (κ1) is 40.7. The van der Waals surface area contributed by atoms with Crippen LogP contribution < -0.4 is 15.4 Å². The quantitative estimate of drug-likeness (QED) is 0.363. The van der Waals surface area contributed by atoms with Crippen molar-refractivity contribution in [1.29, 1.82) is 0 Å². The molecule has 302 valence electrons. The maximum atomic E-state index is 14.5. The number of nitrogens with zero attached hydrogens (tertiary/aromatic N) is 2. The predicted molar refractivity (Wildman–Crippen MR) is 202 cm³/mol. The minimum absolute atomic E-state index is 0.0143. The number of carbonyl (C=O) groups excluding carboxylic acids is 5. The first-order valence-corrected chi connectivity index (χ1v) is 20.5. The van der Waals surface area contributed by atoms with E-state index in [1.54, 1.807) is 58.0 Å². The Bertz CT molecular complexity index is 2050. The largest absolute Gasteiger partial charge is 0.444 e. The van der Waals surface area contributed by atoms with Crippen LogP contribution in [-0.2, 0) is 47.0 Å². The molecule has 2 aromatic carbocycles. The summed E-state index contributed by atoms with van der Waals surface area (Å²) in [7, 11) is -4.34. The standard InChI is InChI=1S/C40H50FN5O9S/c1-24-16-17-33(25(2)18-24)56(52,53)44-36(49)40-20-27(40)13-9-7-6-8-10-15-31(42-37(50)55-39(3,4)5)35(48)46-22-28(19-32(46)34(47)43-40)54-38(51)45-21-26-12-11-14-30(41)29(26)23-45/h9,11-14,16-18,27-28,31-32H,6-8,10,15,19-23H2,1-5H3,(H,42,50)(H,43,47)(H,44,49)/b13-9-/t27-,28+,31-,32-,40+/m0/s1. The Morgan fingerprint density at radius 3 is 2.52 bits per heavy atom. The fourth-order valence-corrected chi connectivity index (χ4v) is 8.98. The second kappa shape index (κ2) is 15.9. The summed E-state index contributed by atoms with van der Waals surface area (Å²) in [6.45, 7) is 8.40. The SMILES string of the molecule is Cc1ccc(S(=O)(=O)NC(=O)[C@@]23C[C@@H]2/C=C\CCCCC[C@H](NC(=O)OC(C)(C)C)C(=O)N2C[C@H](OC(=O)N4Cc5cccc(F)c5C4)C[C@H]2C(=O)N3)c(C)c1. The molecule has 14 nitrogen and oxygen atoms in total. The first-order chi connectivity index (χ1) is 26.4. The van der Waals surface area contributed by atoms with Crippen LogP contribution in [-0.4, -0.2) is 84.0 Å². The van der Waals surface area contributed by atoms with Crippen molar-refractivity contribution >= 4 is 39.9 Å². The number of benzene rings is 2. The summed E-state index contributed by atoms with van der Waals surface area (Å²) in [5, 5.41) is 5.47. The van der Waals surface area contributed by atoms with Crippen LogP contribution in [0, 0.1) is 25.6 Å². The average molecular weight is 796 g/mol. The second-order valence-corrected chi connectivity index (χ2v) is 17.9. The average Bonchev–Trinajstić information content (AvgIpc) is 3.40. The number of halogens is 1. The van der Waals surface area contributed by atoms with Crippen molar-refractivity contribution in [3.05, 3.63) is 76.6 Å². The number of ether oxygens (including phenoxy) is 2. The monoisotopic (exact) mass is 795 g/mol. The second-order valence-electron chi connectivity index (χ2n) is 16.2. The molecule has 0 aromatic heterocycles. The van der Waals surface area contributed by atoms with Crippen LogP contribution in [0.4, 0.5) is 14.0 Å². The number of alkyl carbamates (subject to hydrolysis) is 1. The Morgan fingerprint density at radius 1 is 1.04 bits per heavy atom. The fourth-order valence-electron chi connectivity index (χ4n) is 7.71. The molecule has 5 atom stereocenters. The lowest BCUT2D eigenvalue weighted by Gasteiger charge is -2.30. The molecule has 0 spiro atoms. The molecule has 5 amide bonds. The molecule has 0 radical (unpaired) electrons. The number of nitrogens with one attached hydrogen (secondary N) is 3. The van der Waals surface area contributed by atoms with Crippen LogP contribution in [0.1, 0.15) is 88.0 Å². The highest BCUT2D eigenvalue weighted by molar-refractivity contribution is 7.90. The lowest BCUT2D eigenvalue weighted by atomic mass is 10.0. The van der Waals surface area contributed by atoms with Gasteiger partial charge in [-0.2, -0.15) is 0 Å². The van der Waals surface area contributed by atoms with Crippen molar-refractivity contribution in [2.75, 3.05) is 6.54 Å². The number of hydrogen-bond donors (Lipinski definition) is 3. The third-order valence-corrected chi connectivity index (χ3v) is 12.1. The zero-order valence-corrected chi connectivity index (χ0v) is 33.2. The Labute approximate surface area is 326 Å². The van der Waals surface area contributed by atoms with E-state index in [4.69, 9.17) is 9.47 Å². The van der Waals surface area contributed by atoms with Gasteiger partial charge >= 0.3 is 12.2 Å². The van der Waals surface area contributed by atoms with Gasteiger partial charge in [-0.1, -0.05) is 54.8 Å². The number of sulfonamides is 1. The van der Waals surface area contributed by atoms with E-state index >= 15 is 0 Å². The van der Waals surface area contributed by atoms with Crippen LogP contribution in [0.15, 0.2) is 53.4 Å². The lowest BCUT2D eigenvalue weighted by Crippen LogP contribution is -2.58. The normalized spacial score (nSPS) is 26.0. The van der Waals surface area contributed by atoms with Gasteiger partial charge in [0.05, 0.1) is 18.0 Å². The van der Waals surface area contributed by atoms with E-state index in [9.17, 15) is 36.8 Å². The molecule has 0 unspecified atom stereocenters. The van der Waals surface area contributed by atoms with Gasteiger partial charge in [0.25, 0.3) is 15.9 Å². The third kappa shape index (κ3) is 9.00. The van der Waals surface area contributed by atoms with Crippen molar-refractivity contribution in [3.8, 4) is 0 Å². The van der Waals surface area contributed by atoms with Crippen LogP contribution in [0.2, 0.25) is 0 Å². The molecule has 4 aliphatic rings. The number of amides is 5. The molecule has 3 N–H and O–H groups in total. The van der Waals surface area contributed by atoms with E-state index in [0.29, 0.717) is 36.0 Å². The maximum absolute atomic E-state index is 14.5. The van der Waals surface area contributed by atoms with Gasteiger partial charge in [0.15, 0.2) is 0 Å². The van der Waals surface area contributed by atoms with Gasteiger partial charge in [0, 0.05) is 24.4 Å². The van der Waals surface area contributed by atoms with E-state index in [1.165, 1.54) is 21.9 Å². The molecule has 3 aliphatic heterocycles. The molecular formula is C40H50FN5O9S. The van der Waals surface area contributed by atoms with Gasteiger partial charge in [0.1, 0.15) is 35.1 Å². The Kier molecular flexibility index (Phi) is 11.5. The maximum Gasteiger partial charge on any atom is 0.410 e. The minimum atomic E-state index is -4.34. The van der Waals surface area contributed by atoms with Crippen molar-refractivity contribution in [3.63, 3.8) is 0 Å². The summed E-state index contributed by atoms with van der Waals surface area (Å²) in [5.41, 5.74) is -0.195. The number of aryl methyl sites for hydroxylation is 2. The highest BCUT2D eigenvalue weighted by atomic mass is 32.2. The van der Waals surface area contributed by atoms with Gasteiger partial charge in [-0.3, -0.25) is 19.3 Å². The summed E-state index contributed by atoms with van der Waals surface area (Å²) in [5.74, 6) is -3.27. The zero-order chi connectivity index (χ0) is 40.6. The molecule has 0 bridgehead atoms. The van der Waals surface area contributed by atoms with E-state index in [-0.39, 0.29) is 43.8 Å². The van der Waals surface area contributed by atoms with E-state index in [1.807, 2.05) is 13.0 Å². The lowest BCUT2D eigenvalue weighted by molar-refractivity contribution is -0.141. The molecule has 1 aliphatic carbocycles. The van der Waals surface area contributed by atoms with Crippen LogP contribution >= 0.6 is 0 Å². The zero-order valence-electron chi connectivity index (χ0n) is 32.4. The number of hydrogen-bond acceptors (Lipinski definition) is 9. The molecule has 2 aromatic rings. The summed E-state index contributed by atoms with van der Waals surface area (Å²) >= 11 is 0. The Morgan fingerprint density at radius 2 is 1.80 bits per heavy atom. The topological polar surface area (TPSA) is 181 Å². The summed E-state index contributed by atoms with van der Waals surface area (Å²) in [6.07, 6.45) is 3.95. The van der Waals surface area contributed by atoms with Crippen LogP contribution in [0.25, 0.3) is 0 Å². The molecule has 2 fully saturated rings. The summed E-state index contributed by atoms with van der Waals surface area (Å²) < 4.78 is 55.0.